The van der Waals surface area contributed by atoms with E-state index >= 15 is 0 Å². The summed E-state index contributed by atoms with van der Waals surface area (Å²) < 4.78 is 16.2. The van der Waals surface area contributed by atoms with Gasteiger partial charge in [0.2, 0.25) is 0 Å². The number of H-pyrrole nitrogens is 1. The quantitative estimate of drug-likeness (QED) is 0.634. The molecule has 0 atom stereocenters. The van der Waals surface area contributed by atoms with Crippen LogP contribution < -0.4 is 0 Å². The van der Waals surface area contributed by atoms with Crippen molar-refractivity contribution in [3.63, 3.8) is 0 Å². The summed E-state index contributed by atoms with van der Waals surface area (Å²) in [5.74, 6) is -0.365. The molecule has 1 aromatic heterocycles. The van der Waals surface area contributed by atoms with E-state index in [1.807, 2.05) is 25.1 Å². The molecule has 2 aromatic carbocycles. The van der Waals surface area contributed by atoms with E-state index < -0.39 is 0 Å². The molecule has 3 aromatic rings. The summed E-state index contributed by atoms with van der Waals surface area (Å²) in [6.45, 7) is 1.87. The molecule has 0 unspecified atom stereocenters. The maximum absolute atomic E-state index is 13.6. The molecule has 0 bridgehead atoms. The molecule has 21 heavy (non-hydrogen) atoms. The van der Waals surface area contributed by atoms with Crippen molar-refractivity contribution in [2.75, 3.05) is 0 Å². The van der Waals surface area contributed by atoms with Gasteiger partial charge in [0.25, 0.3) is 0 Å². The molecule has 6 heteroatoms. The van der Waals surface area contributed by atoms with Crippen molar-refractivity contribution in [2.45, 2.75) is 6.92 Å². The number of hydrogen-bond acceptors (Lipinski definition) is 2. The molecule has 0 fully saturated rings. The predicted octanol–water partition coefficient (Wildman–Crippen LogP) is 4.77. The Morgan fingerprint density at radius 1 is 1.38 bits per heavy atom. The van der Waals surface area contributed by atoms with Crippen LogP contribution in [0.3, 0.4) is 0 Å². The molecule has 3 nitrogen and oxygen atoms in total. The van der Waals surface area contributed by atoms with Crippen LogP contribution in [0.25, 0.3) is 16.7 Å². The lowest BCUT2D eigenvalue weighted by molar-refractivity contribution is 0.623. The van der Waals surface area contributed by atoms with Gasteiger partial charge in [0, 0.05) is 6.07 Å². The van der Waals surface area contributed by atoms with Gasteiger partial charge in [-0.2, -0.15) is 5.26 Å². The number of aromatic amines is 1. The third-order valence-corrected chi connectivity index (χ3v) is 4.22. The Balaban J connectivity index is 2.44. The average Bonchev–Trinajstić information content (AvgIpc) is 2.74. The fourth-order valence-electron chi connectivity index (χ4n) is 2.33. The third-order valence-electron chi connectivity index (χ3n) is 3.33. The summed E-state index contributed by atoms with van der Waals surface area (Å²) in [4.78, 5) is 2.97. The zero-order valence-corrected chi connectivity index (χ0v) is 13.3. The number of benzene rings is 2. The predicted molar refractivity (Wildman–Crippen MR) is 85.6 cm³/mol. The number of fused-ring (bicyclic) bond motifs is 1. The van der Waals surface area contributed by atoms with Crippen LogP contribution in [0.1, 0.15) is 11.1 Å². The lowest BCUT2D eigenvalue weighted by Crippen LogP contribution is -1.99. The minimum atomic E-state index is -0.365. The monoisotopic (exact) mass is 361 g/mol. The Hall–Kier alpha value is -1.97. The zero-order chi connectivity index (χ0) is 15.1. The highest BCUT2D eigenvalue weighted by Gasteiger charge is 2.14. The van der Waals surface area contributed by atoms with Crippen molar-refractivity contribution >= 4 is 39.2 Å². The second kappa shape index (κ2) is 5.10. The summed E-state index contributed by atoms with van der Waals surface area (Å²) in [6, 6.07) is 10.8. The minimum absolute atomic E-state index is 0.351. The number of nitrogens with zero attached hydrogens (tertiary/aromatic N) is 2. The van der Waals surface area contributed by atoms with Crippen LogP contribution in [-0.4, -0.2) is 9.55 Å². The normalized spacial score (nSPS) is 10.8. The fourth-order valence-corrected chi connectivity index (χ4v) is 2.96. The zero-order valence-electron chi connectivity index (χ0n) is 10.9. The first kappa shape index (κ1) is 14.0. The molecule has 0 aliphatic rings. The summed E-state index contributed by atoms with van der Waals surface area (Å²) in [5.41, 5.74) is 3.41. The summed E-state index contributed by atoms with van der Waals surface area (Å²) in [7, 11) is 0. The first-order valence-electron chi connectivity index (χ1n) is 6.13. The van der Waals surface area contributed by atoms with Gasteiger partial charge in [0.05, 0.1) is 26.8 Å². The van der Waals surface area contributed by atoms with Gasteiger partial charge < -0.3 is 4.98 Å². The van der Waals surface area contributed by atoms with Crippen molar-refractivity contribution in [1.82, 2.24) is 9.55 Å². The van der Waals surface area contributed by atoms with Crippen LogP contribution in [0, 0.1) is 28.8 Å². The Kier molecular flexibility index (Phi) is 3.40. The SMILES string of the molecule is Cc1cccc(-n2c(=S)[nH]c3cc(F)c(Br)cc32)c1C#N. The topological polar surface area (TPSA) is 44.5 Å². The number of rotatable bonds is 1. The number of nitrogens with one attached hydrogen (secondary N) is 1. The highest BCUT2D eigenvalue weighted by atomic mass is 79.9. The summed E-state index contributed by atoms with van der Waals surface area (Å²) >= 11 is 8.51. The van der Waals surface area contributed by atoms with Gasteiger partial charge in [-0.15, -0.1) is 0 Å². The number of nitriles is 1. The van der Waals surface area contributed by atoms with Crippen molar-refractivity contribution in [1.29, 1.82) is 5.26 Å². The molecule has 0 aliphatic carbocycles. The van der Waals surface area contributed by atoms with Crippen LogP contribution >= 0.6 is 28.1 Å². The summed E-state index contributed by atoms with van der Waals surface area (Å²) in [5, 5.41) is 9.38. The number of hydrogen-bond donors (Lipinski definition) is 1. The number of aryl methyl sites for hydroxylation is 1. The smallest absolute Gasteiger partial charge is 0.182 e. The van der Waals surface area contributed by atoms with E-state index in [0.717, 1.165) is 11.1 Å². The van der Waals surface area contributed by atoms with Gasteiger partial charge in [0.1, 0.15) is 11.9 Å². The van der Waals surface area contributed by atoms with E-state index in [2.05, 4.69) is 27.0 Å². The first-order valence-corrected chi connectivity index (χ1v) is 7.33. The van der Waals surface area contributed by atoms with E-state index in [-0.39, 0.29) is 5.82 Å². The number of aromatic nitrogens is 2. The maximum atomic E-state index is 13.6. The standard InChI is InChI=1S/C15H9BrFN3S/c1-8-3-2-4-13(9(8)7-18)20-14-5-10(16)11(17)6-12(14)19-15(20)21/h2-6H,1H3,(H,19,21). The van der Waals surface area contributed by atoms with E-state index in [1.54, 1.807) is 10.6 Å². The Morgan fingerprint density at radius 3 is 2.86 bits per heavy atom. The molecule has 3 rings (SSSR count). The minimum Gasteiger partial charge on any atom is -0.330 e. The van der Waals surface area contributed by atoms with Gasteiger partial charge in [-0.3, -0.25) is 4.57 Å². The molecular formula is C15H9BrFN3S. The average molecular weight is 362 g/mol. The number of imidazole rings is 1. The highest BCUT2D eigenvalue weighted by molar-refractivity contribution is 9.10. The van der Waals surface area contributed by atoms with Crippen LogP contribution in [0.15, 0.2) is 34.8 Å². The molecule has 104 valence electrons. The van der Waals surface area contributed by atoms with Gasteiger partial charge in [-0.25, -0.2) is 4.39 Å². The van der Waals surface area contributed by atoms with Crippen molar-refractivity contribution in [3.05, 3.63) is 56.5 Å². The second-order valence-corrected chi connectivity index (χ2v) is 5.87. The second-order valence-electron chi connectivity index (χ2n) is 4.63. The van der Waals surface area contributed by atoms with E-state index in [4.69, 9.17) is 12.2 Å². The van der Waals surface area contributed by atoms with Crippen molar-refractivity contribution < 1.29 is 4.39 Å². The van der Waals surface area contributed by atoms with Crippen LogP contribution in [0.5, 0.6) is 0 Å². The maximum Gasteiger partial charge on any atom is 0.182 e. The molecule has 0 aliphatic heterocycles. The van der Waals surface area contributed by atoms with E-state index in [9.17, 15) is 9.65 Å². The Bertz CT molecular complexity index is 965. The van der Waals surface area contributed by atoms with Crippen molar-refractivity contribution in [3.8, 4) is 11.8 Å². The fraction of sp³-hybridized carbons (Fsp3) is 0.0667. The van der Waals surface area contributed by atoms with E-state index in [0.29, 0.717) is 26.0 Å². The molecule has 1 N–H and O–H groups in total. The first-order chi connectivity index (χ1) is 10.0. The largest absolute Gasteiger partial charge is 0.330 e. The molecule has 0 spiro atoms. The van der Waals surface area contributed by atoms with Gasteiger partial charge in [0.15, 0.2) is 4.77 Å². The van der Waals surface area contributed by atoms with Gasteiger partial charge in [-0.05, 0) is 52.8 Å². The van der Waals surface area contributed by atoms with Gasteiger partial charge in [-0.1, -0.05) is 12.1 Å². The number of halogens is 2. The molecule has 0 amide bonds. The molecule has 1 heterocycles. The van der Waals surface area contributed by atoms with Gasteiger partial charge >= 0.3 is 0 Å². The lowest BCUT2D eigenvalue weighted by atomic mass is 10.1. The summed E-state index contributed by atoms with van der Waals surface area (Å²) in [6.07, 6.45) is 0. The van der Waals surface area contributed by atoms with E-state index in [1.165, 1.54) is 6.07 Å². The molecule has 0 radical (unpaired) electrons. The third kappa shape index (κ3) is 2.19. The Morgan fingerprint density at radius 2 is 2.14 bits per heavy atom. The molecule has 0 saturated heterocycles. The molecule has 0 saturated carbocycles. The molecular weight excluding hydrogens is 353 g/mol. The van der Waals surface area contributed by atoms with Crippen LogP contribution in [-0.2, 0) is 0 Å². The lowest BCUT2D eigenvalue weighted by Gasteiger charge is -2.09. The van der Waals surface area contributed by atoms with Crippen molar-refractivity contribution in [2.24, 2.45) is 0 Å². The Labute approximate surface area is 133 Å². The van der Waals surface area contributed by atoms with Crippen LogP contribution in [0.2, 0.25) is 0 Å². The van der Waals surface area contributed by atoms with Crippen LogP contribution in [0.4, 0.5) is 4.39 Å². The highest BCUT2D eigenvalue weighted by Crippen LogP contribution is 2.27.